The predicted octanol–water partition coefficient (Wildman–Crippen LogP) is 13.9. The van der Waals surface area contributed by atoms with Crippen molar-refractivity contribution in [1.29, 1.82) is 0 Å². The molecular formula is C53H33N5S. The Labute approximate surface area is 345 Å². The van der Waals surface area contributed by atoms with Crippen molar-refractivity contribution < 1.29 is 0 Å². The van der Waals surface area contributed by atoms with E-state index >= 15 is 0 Å². The zero-order valence-corrected chi connectivity index (χ0v) is 32.5. The lowest BCUT2D eigenvalue weighted by Gasteiger charge is -2.11. The van der Waals surface area contributed by atoms with E-state index in [0.29, 0.717) is 17.5 Å². The van der Waals surface area contributed by atoms with E-state index in [-0.39, 0.29) is 0 Å². The van der Waals surface area contributed by atoms with Crippen LogP contribution in [0.15, 0.2) is 200 Å². The summed E-state index contributed by atoms with van der Waals surface area (Å²) in [5, 5.41) is 3.56. The van der Waals surface area contributed by atoms with Gasteiger partial charge in [-0.1, -0.05) is 170 Å². The van der Waals surface area contributed by atoms with Crippen LogP contribution in [0.25, 0.3) is 110 Å². The quantitative estimate of drug-likeness (QED) is 0.161. The van der Waals surface area contributed by atoms with Crippen molar-refractivity contribution in [2.45, 2.75) is 0 Å². The summed E-state index contributed by atoms with van der Waals surface area (Å²) in [6.07, 6.45) is 1.82. The summed E-state index contributed by atoms with van der Waals surface area (Å²) in [7, 11) is 0. The normalized spacial score (nSPS) is 11.4. The minimum absolute atomic E-state index is 0.629. The van der Waals surface area contributed by atoms with Gasteiger partial charge in [0.1, 0.15) is 0 Å². The van der Waals surface area contributed by atoms with E-state index in [2.05, 4.69) is 157 Å². The number of hydrogen-bond acceptors (Lipinski definition) is 6. The van der Waals surface area contributed by atoms with Crippen molar-refractivity contribution in [1.82, 2.24) is 24.9 Å². The number of nitrogens with zero attached hydrogens (tertiary/aromatic N) is 5. The lowest BCUT2D eigenvalue weighted by molar-refractivity contribution is 1.07. The molecule has 0 bridgehead atoms. The van der Waals surface area contributed by atoms with Gasteiger partial charge >= 0.3 is 0 Å². The SMILES string of the molecule is c1ccc(-c2ccc(-c3nc(-c4ccccc4)nc(-c4cccc(-c5ccc(-c6ccc(-c7nc8ncccc8c8c7sc7ccccc78)cc6)cc5)c4)n3)cc2)cc1. The fraction of sp³-hybridized carbons (Fsp3) is 0. The highest BCUT2D eigenvalue weighted by atomic mass is 32.1. The molecule has 59 heavy (non-hydrogen) atoms. The number of rotatable bonds is 7. The molecule has 0 N–H and O–H groups in total. The van der Waals surface area contributed by atoms with E-state index in [9.17, 15) is 0 Å². The lowest BCUT2D eigenvalue weighted by atomic mass is 9.98. The zero-order valence-electron chi connectivity index (χ0n) is 31.7. The van der Waals surface area contributed by atoms with Gasteiger partial charge < -0.3 is 0 Å². The predicted molar refractivity (Wildman–Crippen MR) is 244 cm³/mol. The van der Waals surface area contributed by atoms with Crippen molar-refractivity contribution in [3.63, 3.8) is 0 Å². The molecule has 11 rings (SSSR count). The van der Waals surface area contributed by atoms with Crippen LogP contribution in [-0.4, -0.2) is 24.9 Å². The summed E-state index contributed by atoms with van der Waals surface area (Å²) in [5.41, 5.74) is 12.4. The first-order valence-corrected chi connectivity index (χ1v) is 20.4. The molecule has 0 saturated heterocycles. The number of aromatic nitrogens is 5. The molecule has 7 aromatic carbocycles. The molecule has 0 aliphatic heterocycles. The third-order valence-electron chi connectivity index (χ3n) is 10.8. The second kappa shape index (κ2) is 14.7. The van der Waals surface area contributed by atoms with E-state index in [4.69, 9.17) is 19.9 Å². The van der Waals surface area contributed by atoms with Crippen LogP contribution in [0.2, 0.25) is 0 Å². The Balaban J connectivity index is 0.900. The molecular weight excluding hydrogens is 739 g/mol. The highest BCUT2D eigenvalue weighted by Crippen LogP contribution is 2.42. The van der Waals surface area contributed by atoms with Crippen molar-refractivity contribution in [3.8, 4) is 78.8 Å². The molecule has 276 valence electrons. The summed E-state index contributed by atoms with van der Waals surface area (Å²) in [4.78, 5) is 24.7. The summed E-state index contributed by atoms with van der Waals surface area (Å²) in [6.45, 7) is 0. The van der Waals surface area contributed by atoms with Crippen LogP contribution in [0.5, 0.6) is 0 Å². The van der Waals surface area contributed by atoms with Gasteiger partial charge in [0, 0.05) is 49.3 Å². The molecule has 11 aromatic rings. The Morgan fingerprint density at radius 1 is 0.322 bits per heavy atom. The second-order valence-corrected chi connectivity index (χ2v) is 15.5. The van der Waals surface area contributed by atoms with Crippen LogP contribution in [0.4, 0.5) is 0 Å². The monoisotopic (exact) mass is 771 g/mol. The van der Waals surface area contributed by atoms with Crippen LogP contribution in [0.1, 0.15) is 0 Å². The average molecular weight is 772 g/mol. The maximum atomic E-state index is 5.09. The largest absolute Gasteiger partial charge is 0.237 e. The van der Waals surface area contributed by atoms with Crippen molar-refractivity contribution in [3.05, 3.63) is 200 Å². The zero-order chi connectivity index (χ0) is 39.1. The van der Waals surface area contributed by atoms with Gasteiger partial charge in [-0.25, -0.2) is 24.9 Å². The van der Waals surface area contributed by atoms with E-state index in [1.165, 1.54) is 25.7 Å². The molecule has 4 heterocycles. The van der Waals surface area contributed by atoms with Gasteiger partial charge in [0.25, 0.3) is 0 Å². The Morgan fingerprint density at radius 3 is 1.44 bits per heavy atom. The van der Waals surface area contributed by atoms with Gasteiger partial charge in [0.05, 0.1) is 10.4 Å². The van der Waals surface area contributed by atoms with E-state index in [1.54, 1.807) is 11.3 Å². The molecule has 0 saturated carbocycles. The Morgan fingerprint density at radius 2 is 0.780 bits per heavy atom. The first kappa shape index (κ1) is 34.6. The van der Waals surface area contributed by atoms with Crippen LogP contribution in [0.3, 0.4) is 0 Å². The summed E-state index contributed by atoms with van der Waals surface area (Å²) in [6, 6.07) is 67.5. The first-order valence-electron chi connectivity index (χ1n) is 19.6. The van der Waals surface area contributed by atoms with Crippen molar-refractivity contribution >= 4 is 42.5 Å². The molecule has 0 unspecified atom stereocenters. The van der Waals surface area contributed by atoms with Crippen LogP contribution in [-0.2, 0) is 0 Å². The molecule has 0 atom stereocenters. The summed E-state index contributed by atoms with van der Waals surface area (Å²) < 4.78 is 2.44. The van der Waals surface area contributed by atoms with E-state index in [1.807, 2.05) is 48.7 Å². The summed E-state index contributed by atoms with van der Waals surface area (Å²) in [5.74, 6) is 1.90. The fourth-order valence-electron chi connectivity index (χ4n) is 7.82. The number of pyridine rings is 2. The molecule has 5 nitrogen and oxygen atoms in total. The molecule has 0 aliphatic rings. The molecule has 0 aliphatic carbocycles. The smallest absolute Gasteiger partial charge is 0.164 e. The fourth-order valence-corrected chi connectivity index (χ4v) is 9.05. The topological polar surface area (TPSA) is 64.5 Å². The standard InChI is InChI=1S/C53H33N5S/c1-3-11-34(12-4-1)35-26-30-41(31-27-35)51-56-50(40-13-5-2-6-14-40)57-52(58-51)43-16-9-15-42(33-43)38-22-20-36(21-23-38)37-24-28-39(29-25-37)48-49-47(44-17-7-8-19-46(44)59-49)45-18-10-32-54-53(45)55-48/h1-33H. The van der Waals surface area contributed by atoms with Crippen molar-refractivity contribution in [2.24, 2.45) is 0 Å². The molecule has 0 radical (unpaired) electrons. The maximum Gasteiger partial charge on any atom is 0.164 e. The minimum Gasteiger partial charge on any atom is -0.237 e. The molecule has 0 spiro atoms. The van der Waals surface area contributed by atoms with Gasteiger partial charge in [-0.3, -0.25) is 0 Å². The van der Waals surface area contributed by atoms with Crippen molar-refractivity contribution in [2.75, 3.05) is 0 Å². The highest BCUT2D eigenvalue weighted by molar-refractivity contribution is 7.26. The van der Waals surface area contributed by atoms with E-state index in [0.717, 1.165) is 66.8 Å². The minimum atomic E-state index is 0.629. The Kier molecular flexibility index (Phi) is 8.60. The van der Waals surface area contributed by atoms with Gasteiger partial charge in [-0.05, 0) is 57.6 Å². The number of fused-ring (bicyclic) bond motifs is 5. The molecule has 4 aromatic heterocycles. The maximum absolute atomic E-state index is 5.09. The third-order valence-corrected chi connectivity index (χ3v) is 12.0. The van der Waals surface area contributed by atoms with E-state index < -0.39 is 0 Å². The van der Waals surface area contributed by atoms with Crippen LogP contribution in [0, 0.1) is 0 Å². The van der Waals surface area contributed by atoms with Crippen LogP contribution < -0.4 is 0 Å². The Hall–Kier alpha value is -7.67. The number of thiophene rings is 1. The Bertz CT molecular complexity index is 3290. The van der Waals surface area contributed by atoms with Gasteiger partial charge in [0.2, 0.25) is 0 Å². The van der Waals surface area contributed by atoms with Gasteiger partial charge in [-0.2, -0.15) is 0 Å². The van der Waals surface area contributed by atoms with Gasteiger partial charge in [0.15, 0.2) is 23.1 Å². The van der Waals surface area contributed by atoms with Crippen LogP contribution >= 0.6 is 11.3 Å². The second-order valence-electron chi connectivity index (χ2n) is 14.5. The average Bonchev–Trinajstić information content (AvgIpc) is 3.72. The highest BCUT2D eigenvalue weighted by Gasteiger charge is 2.17. The molecule has 0 fully saturated rings. The molecule has 6 heteroatoms. The number of benzene rings is 7. The van der Waals surface area contributed by atoms with Gasteiger partial charge in [-0.15, -0.1) is 11.3 Å². The molecule has 0 amide bonds. The third kappa shape index (κ3) is 6.52. The first-order chi connectivity index (χ1) is 29.2. The number of hydrogen-bond donors (Lipinski definition) is 0. The lowest BCUT2D eigenvalue weighted by Crippen LogP contribution is -2.00. The summed E-state index contributed by atoms with van der Waals surface area (Å²) >= 11 is 1.80.